The van der Waals surface area contributed by atoms with E-state index in [0.717, 1.165) is 19.3 Å². The Labute approximate surface area is 81.6 Å². The number of hydrogen-bond donors (Lipinski definition) is 0. The van der Waals surface area contributed by atoms with Crippen LogP contribution in [0.4, 0.5) is 0 Å². The van der Waals surface area contributed by atoms with Gasteiger partial charge in [0.1, 0.15) is 0 Å². The van der Waals surface area contributed by atoms with Gasteiger partial charge in [-0.15, -0.1) is 0 Å². The molecule has 0 amide bonds. The summed E-state index contributed by atoms with van der Waals surface area (Å²) >= 11 is 0. The number of hydrogen-bond acceptors (Lipinski definition) is 3. The van der Waals surface area contributed by atoms with E-state index in [4.69, 9.17) is 4.18 Å². The first-order chi connectivity index (χ1) is 5.98. The predicted octanol–water partition coefficient (Wildman–Crippen LogP) is 2.32. The minimum absolute atomic E-state index is 0.158. The minimum Gasteiger partial charge on any atom is -0.267 e. The quantitative estimate of drug-likeness (QED) is 0.476. The van der Waals surface area contributed by atoms with Crippen LogP contribution in [0.3, 0.4) is 0 Å². The Balaban J connectivity index is 3.64. The molecule has 3 nitrogen and oxygen atoms in total. The molecule has 0 aromatic rings. The summed E-state index contributed by atoms with van der Waals surface area (Å²) in [6.45, 7) is 5.55. The normalized spacial score (nSPS) is 12.3. The van der Waals surface area contributed by atoms with Crippen molar-refractivity contribution in [1.82, 2.24) is 0 Å². The molecule has 0 heterocycles. The van der Waals surface area contributed by atoms with E-state index in [1.54, 1.807) is 13.8 Å². The molecule has 4 heteroatoms. The minimum atomic E-state index is -3.26. The lowest BCUT2D eigenvalue weighted by Crippen LogP contribution is -2.15. The Morgan fingerprint density at radius 2 is 1.77 bits per heavy atom. The van der Waals surface area contributed by atoms with Crippen LogP contribution in [0.1, 0.15) is 46.5 Å². The molecular formula is C9H20O3S. The average Bonchev–Trinajstić information content (AvgIpc) is 1.95. The molecule has 80 valence electrons. The summed E-state index contributed by atoms with van der Waals surface area (Å²) < 4.78 is 27.2. The molecule has 0 unspecified atom stereocenters. The topological polar surface area (TPSA) is 43.4 Å². The molecule has 0 N–H and O–H groups in total. The smallest absolute Gasteiger partial charge is 0.267 e. The molecule has 0 radical (unpaired) electrons. The summed E-state index contributed by atoms with van der Waals surface area (Å²) in [5.41, 5.74) is 0. The van der Waals surface area contributed by atoms with Gasteiger partial charge >= 0.3 is 0 Å². The molecule has 0 saturated carbocycles. The van der Waals surface area contributed by atoms with E-state index in [9.17, 15) is 8.42 Å². The van der Waals surface area contributed by atoms with E-state index in [1.807, 2.05) is 0 Å². The second-order valence-electron chi connectivity index (χ2n) is 3.47. The highest BCUT2D eigenvalue weighted by atomic mass is 32.2. The molecule has 0 aliphatic rings. The van der Waals surface area contributed by atoms with Gasteiger partial charge in [-0.3, -0.25) is 4.18 Å². The lowest BCUT2D eigenvalue weighted by molar-refractivity contribution is 0.248. The van der Waals surface area contributed by atoms with Gasteiger partial charge in [0, 0.05) is 0 Å². The monoisotopic (exact) mass is 208 g/mol. The number of unbranched alkanes of at least 4 members (excludes halogenated alkanes) is 3. The van der Waals surface area contributed by atoms with Crippen molar-refractivity contribution in [3.05, 3.63) is 0 Å². The molecule has 0 aliphatic heterocycles. The van der Waals surface area contributed by atoms with Crippen molar-refractivity contribution in [2.45, 2.75) is 52.6 Å². The average molecular weight is 208 g/mol. The van der Waals surface area contributed by atoms with Crippen molar-refractivity contribution in [1.29, 1.82) is 0 Å². The lowest BCUT2D eigenvalue weighted by Gasteiger charge is -2.07. The van der Waals surface area contributed by atoms with Crippen LogP contribution in [0.15, 0.2) is 0 Å². The highest BCUT2D eigenvalue weighted by Gasteiger charge is 2.12. The van der Waals surface area contributed by atoms with Gasteiger partial charge < -0.3 is 0 Å². The van der Waals surface area contributed by atoms with Crippen LogP contribution in [0.2, 0.25) is 0 Å². The Hall–Kier alpha value is -0.0900. The van der Waals surface area contributed by atoms with E-state index in [1.165, 1.54) is 0 Å². The van der Waals surface area contributed by atoms with Crippen LogP contribution in [0.5, 0.6) is 0 Å². The van der Waals surface area contributed by atoms with Crippen LogP contribution < -0.4 is 0 Å². The van der Waals surface area contributed by atoms with E-state index in [2.05, 4.69) is 6.92 Å². The summed E-state index contributed by atoms with van der Waals surface area (Å²) in [4.78, 5) is 0. The maximum Gasteiger partial charge on any atom is 0.267 e. The molecule has 0 atom stereocenters. The Bertz CT molecular complexity index is 207. The predicted molar refractivity (Wildman–Crippen MR) is 54.1 cm³/mol. The first-order valence-electron chi connectivity index (χ1n) is 4.89. The molecule has 0 spiro atoms. The second-order valence-corrected chi connectivity index (χ2v) is 5.18. The van der Waals surface area contributed by atoms with Crippen molar-refractivity contribution in [3.63, 3.8) is 0 Å². The first kappa shape index (κ1) is 12.9. The summed E-state index contributed by atoms with van der Waals surface area (Å²) in [6, 6.07) is 0. The van der Waals surface area contributed by atoms with Crippen LogP contribution in [-0.4, -0.2) is 20.3 Å². The van der Waals surface area contributed by atoms with E-state index in [-0.39, 0.29) is 11.9 Å². The van der Waals surface area contributed by atoms with E-state index >= 15 is 0 Å². The van der Waals surface area contributed by atoms with Crippen LogP contribution >= 0.6 is 0 Å². The highest BCUT2D eigenvalue weighted by molar-refractivity contribution is 7.86. The lowest BCUT2D eigenvalue weighted by atomic mass is 10.2. The summed E-state index contributed by atoms with van der Waals surface area (Å²) in [5, 5.41) is 0. The zero-order chi connectivity index (χ0) is 10.3. The third-order valence-electron chi connectivity index (χ3n) is 1.59. The van der Waals surface area contributed by atoms with Crippen molar-refractivity contribution >= 4 is 10.1 Å². The fraction of sp³-hybridized carbons (Fsp3) is 1.00. The summed E-state index contributed by atoms with van der Waals surface area (Å²) in [5.74, 6) is 0.158. The Morgan fingerprint density at radius 3 is 2.23 bits per heavy atom. The molecule has 0 saturated heterocycles. The van der Waals surface area contributed by atoms with Gasteiger partial charge in [-0.2, -0.15) is 8.42 Å². The fourth-order valence-electron chi connectivity index (χ4n) is 1.05. The van der Waals surface area contributed by atoms with E-state index < -0.39 is 10.1 Å². The van der Waals surface area contributed by atoms with Gasteiger partial charge in [0.25, 0.3) is 10.1 Å². The first-order valence-corrected chi connectivity index (χ1v) is 6.46. The summed E-state index contributed by atoms with van der Waals surface area (Å²) in [7, 11) is -3.26. The molecule has 0 aromatic carbocycles. The Morgan fingerprint density at radius 1 is 1.15 bits per heavy atom. The third-order valence-corrected chi connectivity index (χ3v) is 3.05. The van der Waals surface area contributed by atoms with Crippen LogP contribution in [0.25, 0.3) is 0 Å². The molecule has 0 fully saturated rings. The zero-order valence-corrected chi connectivity index (χ0v) is 9.56. The second kappa shape index (κ2) is 6.38. The van der Waals surface area contributed by atoms with Gasteiger partial charge in [0.15, 0.2) is 0 Å². The van der Waals surface area contributed by atoms with Gasteiger partial charge in [0.2, 0.25) is 0 Å². The zero-order valence-electron chi connectivity index (χ0n) is 8.75. The van der Waals surface area contributed by atoms with Crippen molar-refractivity contribution < 1.29 is 12.6 Å². The molecule has 0 aliphatic carbocycles. The molecule has 13 heavy (non-hydrogen) atoms. The fourth-order valence-corrected chi connectivity index (χ4v) is 2.29. The molecular weight excluding hydrogens is 188 g/mol. The van der Waals surface area contributed by atoms with Crippen LogP contribution in [0, 0.1) is 0 Å². The Kier molecular flexibility index (Phi) is 6.33. The van der Waals surface area contributed by atoms with Crippen molar-refractivity contribution in [2.24, 2.45) is 0 Å². The van der Waals surface area contributed by atoms with Gasteiger partial charge in [-0.1, -0.05) is 26.2 Å². The van der Waals surface area contributed by atoms with Gasteiger partial charge in [-0.25, -0.2) is 0 Å². The number of rotatable bonds is 7. The highest BCUT2D eigenvalue weighted by Crippen LogP contribution is 2.05. The largest absolute Gasteiger partial charge is 0.267 e. The van der Waals surface area contributed by atoms with Crippen molar-refractivity contribution in [3.8, 4) is 0 Å². The molecule has 0 rings (SSSR count). The van der Waals surface area contributed by atoms with E-state index in [0.29, 0.717) is 6.42 Å². The maximum atomic E-state index is 11.2. The van der Waals surface area contributed by atoms with Crippen LogP contribution in [-0.2, 0) is 14.3 Å². The van der Waals surface area contributed by atoms with Gasteiger partial charge in [-0.05, 0) is 20.3 Å². The summed E-state index contributed by atoms with van der Waals surface area (Å²) in [6.07, 6.45) is 3.65. The maximum absolute atomic E-state index is 11.2. The SMILES string of the molecule is CCCCCCS(=O)(=O)OC(C)C. The molecule has 0 bridgehead atoms. The van der Waals surface area contributed by atoms with Gasteiger partial charge in [0.05, 0.1) is 11.9 Å². The third kappa shape index (κ3) is 8.25. The van der Waals surface area contributed by atoms with Crippen molar-refractivity contribution in [2.75, 3.05) is 5.75 Å². The molecule has 0 aromatic heterocycles. The standard InChI is InChI=1S/C9H20O3S/c1-4-5-6-7-8-13(10,11)12-9(2)3/h9H,4-8H2,1-3H3.